The molecular formula is C24H29N3O5S. The zero-order chi connectivity index (χ0) is 23.8. The van der Waals surface area contributed by atoms with Gasteiger partial charge in [-0.3, -0.25) is 4.79 Å². The number of rotatable bonds is 10. The van der Waals surface area contributed by atoms with Gasteiger partial charge in [-0.25, -0.2) is 13.4 Å². The van der Waals surface area contributed by atoms with Gasteiger partial charge in [0.25, 0.3) is 5.91 Å². The van der Waals surface area contributed by atoms with Crippen molar-refractivity contribution in [3.05, 3.63) is 52.7 Å². The topological polar surface area (TPSA) is 127 Å². The van der Waals surface area contributed by atoms with Gasteiger partial charge in [0, 0.05) is 18.7 Å². The summed E-state index contributed by atoms with van der Waals surface area (Å²) in [6.07, 6.45) is 4.22. The predicted molar refractivity (Wildman–Crippen MR) is 126 cm³/mol. The van der Waals surface area contributed by atoms with Crippen molar-refractivity contribution in [3.8, 4) is 11.3 Å². The smallest absolute Gasteiger partial charge is 0.253 e. The van der Waals surface area contributed by atoms with Crippen LogP contribution in [0.25, 0.3) is 22.4 Å². The van der Waals surface area contributed by atoms with Crippen molar-refractivity contribution in [2.24, 2.45) is 5.73 Å². The fourth-order valence-corrected chi connectivity index (χ4v) is 4.85. The van der Waals surface area contributed by atoms with Crippen LogP contribution in [-0.2, 0) is 16.6 Å². The molecule has 9 heteroatoms. The largest absolute Gasteiger partial charge is 0.437 e. The molecular weight excluding hydrogens is 442 g/mol. The Hall–Kier alpha value is -2.75. The number of hydrogen-bond donors (Lipinski definition) is 2. The predicted octanol–water partition coefficient (Wildman–Crippen LogP) is 3.31. The van der Waals surface area contributed by atoms with Crippen LogP contribution in [0.5, 0.6) is 0 Å². The monoisotopic (exact) mass is 471 g/mol. The third-order valence-corrected chi connectivity index (χ3v) is 7.23. The molecule has 2 heterocycles. The molecule has 0 spiro atoms. The van der Waals surface area contributed by atoms with Gasteiger partial charge >= 0.3 is 0 Å². The molecule has 3 N–H and O–H groups in total. The Kier molecular flexibility index (Phi) is 6.56. The number of aliphatic hydroxyl groups excluding tert-OH is 1. The third kappa shape index (κ3) is 5.10. The summed E-state index contributed by atoms with van der Waals surface area (Å²) in [7, 11) is -3.48. The molecule has 0 atom stereocenters. The summed E-state index contributed by atoms with van der Waals surface area (Å²) in [5.74, 6) is 0.0448. The maximum absolute atomic E-state index is 12.4. The number of hydrogen-bond acceptors (Lipinski definition) is 6. The number of nitrogens with two attached hydrogens (primary N) is 1. The number of benzene rings is 1. The van der Waals surface area contributed by atoms with E-state index in [4.69, 9.17) is 20.2 Å². The minimum absolute atomic E-state index is 0.0131. The molecule has 2 aromatic heterocycles. The van der Waals surface area contributed by atoms with Crippen LogP contribution < -0.4 is 5.73 Å². The van der Waals surface area contributed by atoms with E-state index in [0.717, 1.165) is 29.5 Å². The quantitative estimate of drug-likeness (QED) is 0.437. The van der Waals surface area contributed by atoms with Gasteiger partial charge < -0.3 is 15.3 Å². The van der Waals surface area contributed by atoms with E-state index in [0.29, 0.717) is 36.2 Å². The molecule has 1 amide bonds. The van der Waals surface area contributed by atoms with E-state index >= 15 is 0 Å². The molecule has 4 rings (SSSR count). The molecule has 0 aliphatic heterocycles. The van der Waals surface area contributed by atoms with Crippen LogP contribution in [-0.4, -0.2) is 48.1 Å². The highest BCUT2D eigenvalue weighted by molar-refractivity contribution is 7.88. The molecule has 1 saturated carbocycles. The first-order valence-corrected chi connectivity index (χ1v) is 12.9. The molecule has 0 radical (unpaired) electrons. The number of pyridine rings is 1. The number of aliphatic hydroxyl groups is 1. The van der Waals surface area contributed by atoms with E-state index in [1.54, 1.807) is 0 Å². The van der Waals surface area contributed by atoms with Gasteiger partial charge in [-0.15, -0.1) is 0 Å². The molecule has 8 nitrogen and oxygen atoms in total. The van der Waals surface area contributed by atoms with Crippen molar-refractivity contribution in [2.45, 2.75) is 45.1 Å². The number of sulfonamides is 1. The number of furan rings is 1. The van der Waals surface area contributed by atoms with Crippen molar-refractivity contribution in [2.75, 3.05) is 19.4 Å². The van der Waals surface area contributed by atoms with Crippen molar-refractivity contribution in [1.29, 1.82) is 0 Å². The summed E-state index contributed by atoms with van der Waals surface area (Å²) in [5.41, 5.74) is 9.66. The van der Waals surface area contributed by atoms with Crippen LogP contribution in [0.2, 0.25) is 0 Å². The fourth-order valence-electron chi connectivity index (χ4n) is 4.03. The Balaban J connectivity index is 1.81. The number of nitrogens with zero attached hydrogens (tertiary/aromatic N) is 2. The number of carbonyl (C=O) groups excluding carboxylic acids is 1. The van der Waals surface area contributed by atoms with Gasteiger partial charge in [0.05, 0.1) is 29.4 Å². The molecule has 0 bridgehead atoms. The minimum atomic E-state index is -3.48. The number of aryl methyl sites for hydroxylation is 1. The lowest BCUT2D eigenvalue weighted by Crippen LogP contribution is -2.31. The van der Waals surface area contributed by atoms with Gasteiger partial charge in [0.1, 0.15) is 5.76 Å². The molecule has 33 heavy (non-hydrogen) atoms. The highest BCUT2D eigenvalue weighted by Gasteiger charge is 2.31. The lowest BCUT2D eigenvalue weighted by atomic mass is 10.0. The molecule has 3 aromatic rings. The molecule has 176 valence electrons. The maximum Gasteiger partial charge on any atom is 0.253 e. The first-order chi connectivity index (χ1) is 15.7. The SMILES string of the molecule is Cc1ccc(-c2oc3nc(CN(CCCCO)S(C)(=O)=O)c(C4CC4)cc3c2C(N)=O)cc1. The second-order valence-corrected chi connectivity index (χ2v) is 10.7. The van der Waals surface area contributed by atoms with Crippen LogP contribution in [0.1, 0.15) is 58.8 Å². The minimum Gasteiger partial charge on any atom is -0.437 e. The number of aromatic nitrogens is 1. The molecule has 0 unspecified atom stereocenters. The summed E-state index contributed by atoms with van der Waals surface area (Å²) in [5, 5.41) is 9.62. The van der Waals surface area contributed by atoms with Crippen molar-refractivity contribution in [3.63, 3.8) is 0 Å². The molecule has 1 aliphatic carbocycles. The van der Waals surface area contributed by atoms with E-state index in [1.807, 2.05) is 37.3 Å². The van der Waals surface area contributed by atoms with Crippen LogP contribution >= 0.6 is 0 Å². The normalized spacial score (nSPS) is 14.3. The molecule has 1 aliphatic rings. The van der Waals surface area contributed by atoms with Crippen LogP contribution in [0.3, 0.4) is 0 Å². The first-order valence-electron chi connectivity index (χ1n) is 11.1. The van der Waals surface area contributed by atoms with E-state index in [-0.39, 0.29) is 30.3 Å². The maximum atomic E-state index is 12.4. The van der Waals surface area contributed by atoms with E-state index in [2.05, 4.69) is 0 Å². The van der Waals surface area contributed by atoms with Gasteiger partial charge in [0.2, 0.25) is 15.7 Å². The van der Waals surface area contributed by atoms with Crippen molar-refractivity contribution in [1.82, 2.24) is 9.29 Å². The van der Waals surface area contributed by atoms with Crippen LogP contribution in [0.4, 0.5) is 0 Å². The second-order valence-electron chi connectivity index (χ2n) is 8.72. The Bertz CT molecular complexity index is 1280. The Morgan fingerprint density at radius 2 is 1.94 bits per heavy atom. The zero-order valence-corrected chi connectivity index (χ0v) is 19.7. The van der Waals surface area contributed by atoms with Crippen molar-refractivity contribution < 1.29 is 22.7 Å². The highest BCUT2D eigenvalue weighted by Crippen LogP contribution is 2.44. The lowest BCUT2D eigenvalue weighted by Gasteiger charge is -2.21. The summed E-state index contributed by atoms with van der Waals surface area (Å²) in [6.45, 7) is 2.39. The summed E-state index contributed by atoms with van der Waals surface area (Å²) < 4.78 is 32.2. The number of unbranched alkanes of at least 4 members (excludes halogenated alkanes) is 1. The van der Waals surface area contributed by atoms with Crippen LogP contribution in [0, 0.1) is 6.92 Å². The number of carbonyl (C=O) groups is 1. The average Bonchev–Trinajstić information content (AvgIpc) is 3.52. The van der Waals surface area contributed by atoms with E-state index in [9.17, 15) is 13.2 Å². The Morgan fingerprint density at radius 3 is 2.52 bits per heavy atom. The number of amides is 1. The molecule has 0 saturated heterocycles. The first kappa shape index (κ1) is 23.4. The van der Waals surface area contributed by atoms with Crippen LogP contribution in [0.15, 0.2) is 34.7 Å². The second kappa shape index (κ2) is 9.24. The number of fused-ring (bicyclic) bond motifs is 1. The van der Waals surface area contributed by atoms with Crippen molar-refractivity contribution >= 4 is 27.0 Å². The van der Waals surface area contributed by atoms with Gasteiger partial charge in [-0.05, 0) is 50.2 Å². The third-order valence-electron chi connectivity index (χ3n) is 5.98. The molecule has 1 aromatic carbocycles. The average molecular weight is 472 g/mol. The summed E-state index contributed by atoms with van der Waals surface area (Å²) >= 11 is 0. The van der Waals surface area contributed by atoms with E-state index in [1.165, 1.54) is 10.6 Å². The van der Waals surface area contributed by atoms with E-state index < -0.39 is 15.9 Å². The van der Waals surface area contributed by atoms with Gasteiger partial charge in [-0.1, -0.05) is 29.8 Å². The Labute approximate surface area is 193 Å². The van der Waals surface area contributed by atoms with Gasteiger partial charge in [-0.2, -0.15) is 4.31 Å². The summed E-state index contributed by atoms with van der Waals surface area (Å²) in [6, 6.07) is 9.49. The summed E-state index contributed by atoms with van der Waals surface area (Å²) in [4.78, 5) is 17.1. The Morgan fingerprint density at radius 1 is 1.24 bits per heavy atom. The number of primary amides is 1. The zero-order valence-electron chi connectivity index (χ0n) is 18.9. The standard InChI is InChI=1S/C24H29N3O5S/c1-15-5-7-17(8-6-15)22-21(23(25)29)19-13-18(16-9-10-16)20(26-24(19)32-22)14-27(33(2,30)31)11-3-4-12-28/h5-8,13,16,28H,3-4,9-12,14H2,1-2H3,(H2,25,29). The highest BCUT2D eigenvalue weighted by atomic mass is 32.2. The molecule has 1 fully saturated rings. The fraction of sp³-hybridized carbons (Fsp3) is 0.417. The lowest BCUT2D eigenvalue weighted by molar-refractivity contribution is 0.100. The van der Waals surface area contributed by atoms with Gasteiger partial charge in [0.15, 0.2) is 0 Å².